The number of aromatic nitrogens is 2. The second-order valence-electron chi connectivity index (χ2n) is 4.11. The molecular weight excluding hydrogens is 303 g/mol. The molecule has 3 aromatic rings. The topological polar surface area (TPSA) is 45.8 Å². The molecule has 0 unspecified atom stereocenters. The van der Waals surface area contributed by atoms with Gasteiger partial charge >= 0.3 is 0 Å². The molecule has 0 aliphatic rings. The van der Waals surface area contributed by atoms with E-state index < -0.39 is 0 Å². The minimum atomic E-state index is -0.134. The Morgan fingerprint density at radius 2 is 2.05 bits per heavy atom. The summed E-state index contributed by atoms with van der Waals surface area (Å²) in [7, 11) is 0. The molecule has 0 radical (unpaired) electrons. The summed E-state index contributed by atoms with van der Waals surface area (Å²) in [5.41, 5.74) is 1.55. The van der Waals surface area contributed by atoms with E-state index in [1.807, 2.05) is 11.4 Å². The van der Waals surface area contributed by atoms with Gasteiger partial charge in [-0.05, 0) is 24.6 Å². The van der Waals surface area contributed by atoms with Gasteiger partial charge in [-0.3, -0.25) is 4.79 Å². The van der Waals surface area contributed by atoms with Crippen LogP contribution in [0.2, 0.25) is 10.0 Å². The van der Waals surface area contributed by atoms with Crippen LogP contribution < -0.4 is 5.56 Å². The smallest absolute Gasteiger partial charge is 0.260 e. The molecule has 0 saturated heterocycles. The normalized spacial score (nSPS) is 11.1. The number of nitrogens with zero attached hydrogens (tertiary/aromatic N) is 1. The Labute approximate surface area is 122 Å². The van der Waals surface area contributed by atoms with Crippen molar-refractivity contribution in [2.24, 2.45) is 0 Å². The van der Waals surface area contributed by atoms with Gasteiger partial charge in [0.2, 0.25) is 0 Å². The van der Waals surface area contributed by atoms with Gasteiger partial charge in [-0.2, -0.15) is 0 Å². The van der Waals surface area contributed by atoms with Gasteiger partial charge in [0, 0.05) is 10.9 Å². The zero-order valence-electron chi connectivity index (χ0n) is 9.83. The van der Waals surface area contributed by atoms with Crippen LogP contribution in [0.25, 0.3) is 21.3 Å². The minimum absolute atomic E-state index is 0.134. The summed E-state index contributed by atoms with van der Waals surface area (Å²) in [6, 6.07) is 5.32. The molecule has 1 aromatic carbocycles. The molecule has 0 spiro atoms. The Morgan fingerprint density at radius 1 is 1.26 bits per heavy atom. The number of hydrogen-bond donors (Lipinski definition) is 1. The van der Waals surface area contributed by atoms with Crippen molar-refractivity contribution in [3.05, 3.63) is 49.8 Å². The second kappa shape index (κ2) is 4.63. The molecule has 6 heteroatoms. The number of benzene rings is 1. The fraction of sp³-hybridized carbons (Fsp3) is 0.0769. The lowest BCUT2D eigenvalue weighted by atomic mass is 10.1. The molecule has 0 fully saturated rings. The van der Waals surface area contributed by atoms with Crippen molar-refractivity contribution in [1.29, 1.82) is 0 Å². The van der Waals surface area contributed by atoms with Gasteiger partial charge in [0.1, 0.15) is 10.7 Å². The average Bonchev–Trinajstić information content (AvgIpc) is 2.76. The maximum absolute atomic E-state index is 12.1. The predicted octanol–water partition coefficient (Wildman–Crippen LogP) is 4.27. The third kappa shape index (κ3) is 2.16. The molecule has 0 aliphatic carbocycles. The van der Waals surface area contributed by atoms with Crippen LogP contribution in [0, 0.1) is 6.92 Å². The molecule has 0 bridgehead atoms. The number of halogens is 2. The molecule has 2 aromatic heterocycles. The van der Waals surface area contributed by atoms with E-state index in [9.17, 15) is 4.79 Å². The summed E-state index contributed by atoms with van der Waals surface area (Å²) in [6.07, 6.45) is 0. The SMILES string of the molecule is Cc1nc2scc(-c3ccc(Cl)c(Cl)c3)c2c(=O)[nH]1. The summed E-state index contributed by atoms with van der Waals surface area (Å²) in [6.45, 7) is 1.76. The van der Waals surface area contributed by atoms with E-state index in [0.717, 1.165) is 16.0 Å². The molecule has 3 nitrogen and oxygen atoms in total. The molecule has 1 N–H and O–H groups in total. The number of aromatic amines is 1. The van der Waals surface area contributed by atoms with Crippen molar-refractivity contribution in [2.75, 3.05) is 0 Å². The first-order valence-corrected chi connectivity index (χ1v) is 7.13. The van der Waals surface area contributed by atoms with E-state index in [-0.39, 0.29) is 5.56 Å². The molecule has 96 valence electrons. The van der Waals surface area contributed by atoms with E-state index in [0.29, 0.717) is 21.3 Å². The van der Waals surface area contributed by atoms with Crippen LogP contribution in [0.15, 0.2) is 28.4 Å². The highest BCUT2D eigenvalue weighted by Gasteiger charge is 2.12. The Kier molecular flexibility index (Phi) is 3.09. The van der Waals surface area contributed by atoms with Crippen molar-refractivity contribution >= 4 is 44.8 Å². The Morgan fingerprint density at radius 3 is 2.79 bits per heavy atom. The standard InChI is InChI=1S/C13H8Cl2N2OS/c1-6-16-12(18)11-8(5-19-13(11)17-6)7-2-3-9(14)10(15)4-7/h2-5H,1H3,(H,16,17,18). The quantitative estimate of drug-likeness (QED) is 0.729. The highest BCUT2D eigenvalue weighted by atomic mass is 35.5. The minimum Gasteiger partial charge on any atom is -0.310 e. The summed E-state index contributed by atoms with van der Waals surface area (Å²) in [5.74, 6) is 0.611. The van der Waals surface area contributed by atoms with E-state index in [1.54, 1.807) is 19.1 Å². The van der Waals surface area contributed by atoms with Crippen molar-refractivity contribution in [1.82, 2.24) is 9.97 Å². The Bertz CT molecular complexity index is 838. The zero-order chi connectivity index (χ0) is 13.6. The second-order valence-corrected chi connectivity index (χ2v) is 5.78. The molecule has 2 heterocycles. The maximum Gasteiger partial charge on any atom is 0.260 e. The van der Waals surface area contributed by atoms with Gasteiger partial charge in [0.15, 0.2) is 0 Å². The van der Waals surface area contributed by atoms with Gasteiger partial charge in [0.25, 0.3) is 5.56 Å². The molecule has 0 saturated carbocycles. The predicted molar refractivity (Wildman–Crippen MR) is 80.4 cm³/mol. The lowest BCUT2D eigenvalue weighted by molar-refractivity contribution is 1.07. The number of nitrogens with one attached hydrogen (secondary N) is 1. The first-order chi connectivity index (χ1) is 9.06. The third-order valence-electron chi connectivity index (χ3n) is 2.79. The summed E-state index contributed by atoms with van der Waals surface area (Å²) in [4.78, 5) is 19.8. The van der Waals surface area contributed by atoms with E-state index in [2.05, 4.69) is 9.97 Å². The number of fused-ring (bicyclic) bond motifs is 1. The van der Waals surface area contributed by atoms with E-state index in [1.165, 1.54) is 11.3 Å². The van der Waals surface area contributed by atoms with Crippen molar-refractivity contribution in [3.63, 3.8) is 0 Å². The highest BCUT2D eigenvalue weighted by Crippen LogP contribution is 2.34. The molecule has 19 heavy (non-hydrogen) atoms. The van der Waals surface area contributed by atoms with Gasteiger partial charge in [-0.25, -0.2) is 4.98 Å². The lowest BCUT2D eigenvalue weighted by Gasteiger charge is -2.02. The number of rotatable bonds is 1. The van der Waals surface area contributed by atoms with Crippen molar-refractivity contribution in [3.8, 4) is 11.1 Å². The fourth-order valence-corrected chi connectivity index (χ4v) is 3.22. The number of aryl methyl sites for hydroxylation is 1. The van der Waals surface area contributed by atoms with Gasteiger partial charge in [0.05, 0.1) is 15.4 Å². The van der Waals surface area contributed by atoms with Gasteiger partial charge < -0.3 is 4.98 Å². The van der Waals surface area contributed by atoms with Crippen LogP contribution >= 0.6 is 34.5 Å². The van der Waals surface area contributed by atoms with Crippen molar-refractivity contribution in [2.45, 2.75) is 6.92 Å². The summed E-state index contributed by atoms with van der Waals surface area (Å²) < 4.78 is 0. The fourth-order valence-electron chi connectivity index (χ4n) is 1.93. The van der Waals surface area contributed by atoms with E-state index in [4.69, 9.17) is 23.2 Å². The number of thiophene rings is 1. The lowest BCUT2D eigenvalue weighted by Crippen LogP contribution is -2.08. The monoisotopic (exact) mass is 310 g/mol. The summed E-state index contributed by atoms with van der Waals surface area (Å²) >= 11 is 13.4. The van der Waals surface area contributed by atoms with Crippen LogP contribution in [0.1, 0.15) is 5.82 Å². The summed E-state index contributed by atoms with van der Waals surface area (Å²) in [5, 5.41) is 3.46. The van der Waals surface area contributed by atoms with Crippen LogP contribution in [-0.4, -0.2) is 9.97 Å². The number of hydrogen-bond acceptors (Lipinski definition) is 3. The Balaban J connectivity index is 2.31. The highest BCUT2D eigenvalue weighted by molar-refractivity contribution is 7.17. The number of H-pyrrole nitrogens is 1. The van der Waals surface area contributed by atoms with Crippen LogP contribution in [0.5, 0.6) is 0 Å². The Hall–Kier alpha value is -1.36. The molecule has 0 aliphatic heterocycles. The van der Waals surface area contributed by atoms with Crippen LogP contribution in [0.4, 0.5) is 0 Å². The average molecular weight is 311 g/mol. The molecular formula is C13H8Cl2N2OS. The zero-order valence-corrected chi connectivity index (χ0v) is 12.2. The van der Waals surface area contributed by atoms with Crippen LogP contribution in [0.3, 0.4) is 0 Å². The molecule has 3 rings (SSSR count). The van der Waals surface area contributed by atoms with Gasteiger partial charge in [-0.15, -0.1) is 11.3 Å². The van der Waals surface area contributed by atoms with Gasteiger partial charge in [-0.1, -0.05) is 29.3 Å². The maximum atomic E-state index is 12.1. The van der Waals surface area contributed by atoms with E-state index >= 15 is 0 Å². The first kappa shape index (κ1) is 12.7. The molecule has 0 amide bonds. The molecule has 0 atom stereocenters. The van der Waals surface area contributed by atoms with Crippen LogP contribution in [-0.2, 0) is 0 Å². The first-order valence-electron chi connectivity index (χ1n) is 5.50. The largest absolute Gasteiger partial charge is 0.310 e. The van der Waals surface area contributed by atoms with Crippen molar-refractivity contribution < 1.29 is 0 Å². The third-order valence-corrected chi connectivity index (χ3v) is 4.40.